The number of pyridine rings is 1. The van der Waals surface area contributed by atoms with Crippen LogP contribution < -0.4 is 15.6 Å². The van der Waals surface area contributed by atoms with Crippen molar-refractivity contribution in [2.24, 2.45) is 0 Å². The van der Waals surface area contributed by atoms with Crippen molar-refractivity contribution in [2.75, 3.05) is 0 Å². The van der Waals surface area contributed by atoms with Gasteiger partial charge >= 0.3 is 0 Å². The lowest BCUT2D eigenvalue weighted by atomic mass is 10.2. The van der Waals surface area contributed by atoms with Gasteiger partial charge in [-0.15, -0.1) is 0 Å². The second-order valence-electron chi connectivity index (χ2n) is 4.43. The minimum absolute atomic E-state index is 0.391. The van der Waals surface area contributed by atoms with Crippen LogP contribution in [0.5, 0.6) is 0 Å². The largest absolute Gasteiger partial charge is 0.618 e. The summed E-state index contributed by atoms with van der Waals surface area (Å²) in [5, 5.41) is 11.4. The quantitative estimate of drug-likeness (QED) is 0.385. The van der Waals surface area contributed by atoms with E-state index in [1.165, 1.54) is 6.20 Å². The van der Waals surface area contributed by atoms with Crippen LogP contribution in [0.3, 0.4) is 0 Å². The van der Waals surface area contributed by atoms with Gasteiger partial charge in [0.05, 0.1) is 5.25 Å². The Morgan fingerprint density at radius 2 is 1.77 bits per heavy atom. The Morgan fingerprint density at radius 3 is 2.45 bits per heavy atom. The minimum atomic E-state index is -0.529. The summed E-state index contributed by atoms with van der Waals surface area (Å²) in [6, 6.07) is 13.5. The van der Waals surface area contributed by atoms with Crippen molar-refractivity contribution in [2.45, 2.75) is 17.2 Å². The monoisotopic (exact) mass is 317 g/mol. The zero-order chi connectivity index (χ0) is 15.9. The molecule has 1 aromatic carbocycles. The lowest BCUT2D eigenvalue weighted by molar-refractivity contribution is -0.645. The van der Waals surface area contributed by atoms with Crippen molar-refractivity contribution in [3.63, 3.8) is 0 Å². The van der Waals surface area contributed by atoms with Gasteiger partial charge in [0, 0.05) is 17.7 Å². The summed E-state index contributed by atoms with van der Waals surface area (Å²) in [7, 11) is 0. The number of benzene rings is 1. The number of hydrogen-bond acceptors (Lipinski definition) is 4. The van der Waals surface area contributed by atoms with E-state index in [2.05, 4.69) is 10.9 Å². The van der Waals surface area contributed by atoms with Gasteiger partial charge in [-0.2, -0.15) is 4.73 Å². The molecular weight excluding hydrogens is 302 g/mol. The molecule has 0 aliphatic heterocycles. The van der Waals surface area contributed by atoms with E-state index in [1.54, 1.807) is 55.5 Å². The highest BCUT2D eigenvalue weighted by Crippen LogP contribution is 2.19. The molecule has 1 heterocycles. The molecule has 0 spiro atoms. The van der Waals surface area contributed by atoms with Crippen LogP contribution in [0.1, 0.15) is 17.3 Å². The molecule has 1 aromatic heterocycles. The second-order valence-corrected chi connectivity index (χ2v) is 5.80. The first kappa shape index (κ1) is 15.8. The van der Waals surface area contributed by atoms with E-state index in [0.29, 0.717) is 15.3 Å². The average molecular weight is 317 g/mol. The molecule has 2 N–H and O–H groups in total. The van der Waals surface area contributed by atoms with Crippen LogP contribution in [0.15, 0.2) is 59.8 Å². The van der Waals surface area contributed by atoms with Gasteiger partial charge in [0.1, 0.15) is 0 Å². The predicted molar refractivity (Wildman–Crippen MR) is 82.8 cm³/mol. The predicted octanol–water partition coefficient (Wildman–Crippen LogP) is 1.26. The van der Waals surface area contributed by atoms with E-state index in [4.69, 9.17) is 0 Å². The number of hydrazine groups is 1. The van der Waals surface area contributed by atoms with Gasteiger partial charge in [-0.05, 0) is 36.9 Å². The number of nitrogens with one attached hydrogen (secondary N) is 2. The zero-order valence-electron chi connectivity index (χ0n) is 11.9. The van der Waals surface area contributed by atoms with E-state index < -0.39 is 17.1 Å². The van der Waals surface area contributed by atoms with Gasteiger partial charge in [-0.1, -0.05) is 18.2 Å². The molecule has 1 atom stereocenters. The summed E-state index contributed by atoms with van der Waals surface area (Å²) < 4.78 is 0.691. The maximum absolute atomic E-state index is 11.9. The van der Waals surface area contributed by atoms with Crippen LogP contribution in [-0.4, -0.2) is 17.1 Å². The Morgan fingerprint density at radius 1 is 1.09 bits per heavy atom. The molecule has 0 aliphatic carbocycles. The zero-order valence-corrected chi connectivity index (χ0v) is 12.7. The molecule has 2 aromatic rings. The molecule has 7 heteroatoms. The maximum atomic E-state index is 11.9. The molecule has 0 saturated heterocycles. The Bertz CT molecular complexity index is 664. The molecule has 22 heavy (non-hydrogen) atoms. The first-order valence-corrected chi connectivity index (χ1v) is 7.46. The van der Waals surface area contributed by atoms with Crippen molar-refractivity contribution in [1.29, 1.82) is 0 Å². The molecule has 6 nitrogen and oxygen atoms in total. The summed E-state index contributed by atoms with van der Waals surface area (Å²) in [6.07, 6.45) is 1.37. The van der Waals surface area contributed by atoms with Gasteiger partial charge in [0.2, 0.25) is 0 Å². The third kappa shape index (κ3) is 4.23. The number of rotatable bonds is 4. The summed E-state index contributed by atoms with van der Waals surface area (Å²) in [4.78, 5) is 23.7. The lowest BCUT2D eigenvalue weighted by Crippen LogP contribution is -2.45. The number of thioether (sulfide) groups is 1. The fourth-order valence-electron chi connectivity index (χ4n) is 1.62. The highest BCUT2D eigenvalue weighted by Gasteiger charge is 2.19. The van der Waals surface area contributed by atoms with Crippen molar-refractivity contribution in [3.05, 3.63) is 65.5 Å². The van der Waals surface area contributed by atoms with Crippen LogP contribution in [-0.2, 0) is 4.79 Å². The Kier molecular flexibility index (Phi) is 5.37. The third-order valence-electron chi connectivity index (χ3n) is 2.79. The summed E-state index contributed by atoms with van der Waals surface area (Å²) in [5.41, 5.74) is 5.14. The number of amides is 2. The Hall–Kier alpha value is -2.54. The fourth-order valence-corrected chi connectivity index (χ4v) is 2.47. The fraction of sp³-hybridized carbons (Fsp3) is 0.133. The molecule has 114 valence electrons. The second kappa shape index (κ2) is 7.46. The summed E-state index contributed by atoms with van der Waals surface area (Å²) >= 11 is 1.11. The maximum Gasteiger partial charge on any atom is 0.269 e. The van der Waals surface area contributed by atoms with E-state index in [0.717, 1.165) is 11.8 Å². The molecule has 0 radical (unpaired) electrons. The standard InChI is InChI=1S/C15H15N3O3S/c1-11(22-13-9-5-6-10-18(13)21)14(19)16-17-15(20)12-7-3-2-4-8-12/h2-11H,1H3,(H,16,19)(H,17,20)/t11-/m1/s1. The minimum Gasteiger partial charge on any atom is -0.618 e. The van der Waals surface area contributed by atoms with Gasteiger partial charge in [-0.25, -0.2) is 0 Å². The molecule has 2 rings (SSSR count). The average Bonchev–Trinajstić information content (AvgIpc) is 2.55. The topological polar surface area (TPSA) is 85.1 Å². The van der Waals surface area contributed by atoms with Gasteiger partial charge in [0.25, 0.3) is 16.8 Å². The van der Waals surface area contributed by atoms with Crippen molar-refractivity contribution < 1.29 is 14.3 Å². The Labute approximate surface area is 132 Å². The summed E-state index contributed by atoms with van der Waals surface area (Å²) in [6.45, 7) is 1.65. The molecular formula is C15H15N3O3S. The number of hydrogen-bond donors (Lipinski definition) is 2. The van der Waals surface area contributed by atoms with Gasteiger partial charge in [-0.3, -0.25) is 20.4 Å². The number of carbonyl (C=O) groups is 2. The van der Waals surface area contributed by atoms with Crippen LogP contribution >= 0.6 is 11.8 Å². The van der Waals surface area contributed by atoms with Crippen LogP contribution in [0.2, 0.25) is 0 Å². The van der Waals surface area contributed by atoms with Crippen LogP contribution in [0, 0.1) is 5.21 Å². The van der Waals surface area contributed by atoms with Gasteiger partial charge < -0.3 is 5.21 Å². The number of nitrogens with zero attached hydrogens (tertiary/aromatic N) is 1. The van der Waals surface area contributed by atoms with E-state index in [9.17, 15) is 14.8 Å². The molecule has 0 fully saturated rings. The highest BCUT2D eigenvalue weighted by molar-refractivity contribution is 8.00. The first-order valence-electron chi connectivity index (χ1n) is 6.58. The number of carbonyl (C=O) groups excluding carboxylic acids is 2. The SMILES string of the molecule is C[C@@H](Sc1cccc[n+]1[O-])C(=O)NNC(=O)c1ccccc1. The van der Waals surface area contributed by atoms with E-state index >= 15 is 0 Å². The lowest BCUT2D eigenvalue weighted by Gasteiger charge is -2.12. The van der Waals surface area contributed by atoms with Crippen LogP contribution in [0.4, 0.5) is 0 Å². The van der Waals surface area contributed by atoms with Gasteiger partial charge in [0.15, 0.2) is 6.20 Å². The van der Waals surface area contributed by atoms with Crippen molar-refractivity contribution in [3.8, 4) is 0 Å². The summed E-state index contributed by atoms with van der Waals surface area (Å²) in [5.74, 6) is -0.789. The normalized spacial score (nSPS) is 11.5. The van der Waals surface area contributed by atoms with Crippen molar-refractivity contribution in [1.82, 2.24) is 10.9 Å². The molecule has 2 amide bonds. The first-order chi connectivity index (χ1) is 10.6. The van der Waals surface area contributed by atoms with Crippen molar-refractivity contribution >= 4 is 23.6 Å². The third-order valence-corrected chi connectivity index (χ3v) is 3.92. The molecule has 0 saturated carbocycles. The van der Waals surface area contributed by atoms with E-state index in [-0.39, 0.29) is 0 Å². The highest BCUT2D eigenvalue weighted by atomic mass is 32.2. The molecule has 0 bridgehead atoms. The number of aromatic nitrogens is 1. The van der Waals surface area contributed by atoms with Crippen LogP contribution in [0.25, 0.3) is 0 Å². The smallest absolute Gasteiger partial charge is 0.269 e. The molecule has 0 aliphatic rings. The molecule has 0 unspecified atom stereocenters. The Balaban J connectivity index is 1.87. The van der Waals surface area contributed by atoms with E-state index in [1.807, 2.05) is 0 Å².